The maximum Gasteiger partial charge on any atom is 0.311 e. The molecule has 2 aromatic carbocycles. The molecule has 0 unspecified atom stereocenters. The fourth-order valence-electron chi connectivity index (χ4n) is 3.60. The van der Waals surface area contributed by atoms with E-state index in [1.165, 1.54) is 0 Å². The molecule has 1 fully saturated rings. The standard InChI is InChI=1S/C22H22N2O3/c25-20(14-17-15-23-19-11-5-4-10-18(17)19)27-21(16-8-2-1-3-9-16)22(26)24-12-6-7-13-24/h1-5,8-11,15,21,23H,6-7,12-14H2/t21-/m0/s1. The molecule has 1 atom stereocenters. The van der Waals surface area contributed by atoms with Crippen LogP contribution in [0.5, 0.6) is 0 Å². The lowest BCUT2D eigenvalue weighted by Gasteiger charge is -2.23. The van der Waals surface area contributed by atoms with Crippen molar-refractivity contribution in [1.29, 1.82) is 0 Å². The second-order valence-corrected chi connectivity index (χ2v) is 6.85. The van der Waals surface area contributed by atoms with Crippen LogP contribution in [0.25, 0.3) is 10.9 Å². The lowest BCUT2D eigenvalue weighted by Crippen LogP contribution is -2.35. The molecule has 1 amide bonds. The molecule has 4 rings (SSSR count). The molecule has 1 saturated heterocycles. The van der Waals surface area contributed by atoms with Crippen molar-refractivity contribution in [3.05, 3.63) is 71.9 Å². The van der Waals surface area contributed by atoms with Crippen LogP contribution in [-0.2, 0) is 20.7 Å². The van der Waals surface area contributed by atoms with Gasteiger partial charge in [0.15, 0.2) is 0 Å². The van der Waals surface area contributed by atoms with E-state index in [0.717, 1.165) is 42.4 Å². The third-order valence-electron chi connectivity index (χ3n) is 5.00. The van der Waals surface area contributed by atoms with Crippen molar-refractivity contribution in [2.24, 2.45) is 0 Å². The minimum atomic E-state index is -0.887. The Hall–Kier alpha value is -3.08. The third-order valence-corrected chi connectivity index (χ3v) is 5.00. The number of aromatic amines is 1. The van der Waals surface area contributed by atoms with Crippen molar-refractivity contribution >= 4 is 22.8 Å². The number of hydrogen-bond acceptors (Lipinski definition) is 3. The first-order chi connectivity index (χ1) is 13.2. The van der Waals surface area contributed by atoms with Crippen LogP contribution in [0.4, 0.5) is 0 Å². The number of carbonyl (C=O) groups excluding carboxylic acids is 2. The molecule has 0 bridgehead atoms. The largest absolute Gasteiger partial charge is 0.447 e. The van der Waals surface area contributed by atoms with Gasteiger partial charge in [-0.25, -0.2) is 0 Å². The quantitative estimate of drug-likeness (QED) is 0.705. The number of likely N-dealkylation sites (tertiary alicyclic amines) is 1. The first-order valence-electron chi connectivity index (χ1n) is 9.30. The van der Waals surface area contributed by atoms with Gasteiger partial charge in [-0.1, -0.05) is 48.5 Å². The zero-order chi connectivity index (χ0) is 18.6. The Balaban J connectivity index is 1.53. The number of ether oxygens (including phenoxy) is 1. The molecular formula is C22H22N2O3. The maximum atomic E-state index is 12.9. The highest BCUT2D eigenvalue weighted by Gasteiger charge is 2.31. The van der Waals surface area contributed by atoms with Crippen molar-refractivity contribution in [3.8, 4) is 0 Å². The summed E-state index contributed by atoms with van der Waals surface area (Å²) < 4.78 is 5.69. The molecule has 138 valence electrons. The number of para-hydroxylation sites is 1. The number of carbonyl (C=O) groups is 2. The predicted octanol–water partition coefficient (Wildman–Crippen LogP) is 3.62. The Morgan fingerprint density at radius 1 is 1.00 bits per heavy atom. The van der Waals surface area contributed by atoms with Crippen LogP contribution in [0.1, 0.15) is 30.1 Å². The van der Waals surface area contributed by atoms with Crippen LogP contribution in [0, 0.1) is 0 Å². The van der Waals surface area contributed by atoms with E-state index in [1.54, 1.807) is 4.90 Å². The van der Waals surface area contributed by atoms with Crippen LogP contribution in [0.15, 0.2) is 60.8 Å². The van der Waals surface area contributed by atoms with Crippen molar-refractivity contribution < 1.29 is 14.3 Å². The Bertz CT molecular complexity index is 942. The highest BCUT2D eigenvalue weighted by molar-refractivity contribution is 5.89. The SMILES string of the molecule is O=C(Cc1c[nH]c2ccccc12)O[C@H](C(=O)N1CCCC1)c1ccccc1. The summed E-state index contributed by atoms with van der Waals surface area (Å²) in [4.78, 5) is 30.5. The zero-order valence-electron chi connectivity index (χ0n) is 15.1. The van der Waals surface area contributed by atoms with Gasteiger partial charge in [-0.2, -0.15) is 0 Å². The van der Waals surface area contributed by atoms with Crippen molar-refractivity contribution in [1.82, 2.24) is 9.88 Å². The van der Waals surface area contributed by atoms with E-state index in [0.29, 0.717) is 5.56 Å². The smallest absolute Gasteiger partial charge is 0.311 e. The van der Waals surface area contributed by atoms with Crippen LogP contribution >= 0.6 is 0 Å². The van der Waals surface area contributed by atoms with E-state index < -0.39 is 12.1 Å². The molecular weight excluding hydrogens is 340 g/mol. The Morgan fingerprint density at radius 2 is 1.70 bits per heavy atom. The van der Waals surface area contributed by atoms with E-state index in [2.05, 4.69) is 4.98 Å². The average molecular weight is 362 g/mol. The number of hydrogen-bond donors (Lipinski definition) is 1. The molecule has 0 aliphatic carbocycles. The van der Waals surface area contributed by atoms with Gasteiger partial charge < -0.3 is 14.6 Å². The number of nitrogens with zero attached hydrogens (tertiary/aromatic N) is 1. The van der Waals surface area contributed by atoms with Crippen LogP contribution in [0.3, 0.4) is 0 Å². The van der Waals surface area contributed by atoms with Gasteiger partial charge in [0.05, 0.1) is 6.42 Å². The summed E-state index contributed by atoms with van der Waals surface area (Å²) in [5, 5.41) is 0.997. The summed E-state index contributed by atoms with van der Waals surface area (Å²) in [6.45, 7) is 1.45. The van der Waals surface area contributed by atoms with E-state index in [9.17, 15) is 9.59 Å². The summed E-state index contributed by atoms with van der Waals surface area (Å²) in [5.74, 6) is -0.535. The summed E-state index contributed by atoms with van der Waals surface area (Å²) in [7, 11) is 0. The minimum Gasteiger partial charge on any atom is -0.447 e. The number of esters is 1. The predicted molar refractivity (Wildman–Crippen MR) is 103 cm³/mol. The highest BCUT2D eigenvalue weighted by atomic mass is 16.5. The van der Waals surface area contributed by atoms with E-state index in [1.807, 2.05) is 60.8 Å². The van der Waals surface area contributed by atoms with Gasteiger partial charge >= 0.3 is 5.97 Å². The van der Waals surface area contributed by atoms with Gasteiger partial charge in [-0.15, -0.1) is 0 Å². The summed E-state index contributed by atoms with van der Waals surface area (Å²) in [6.07, 6.45) is 3.06. The van der Waals surface area contributed by atoms with Gasteiger partial charge in [0.25, 0.3) is 5.91 Å². The minimum absolute atomic E-state index is 0.126. The Labute approximate surface area is 157 Å². The van der Waals surface area contributed by atoms with Crippen molar-refractivity contribution in [3.63, 3.8) is 0 Å². The van der Waals surface area contributed by atoms with Gasteiger partial charge in [0.1, 0.15) is 0 Å². The highest BCUT2D eigenvalue weighted by Crippen LogP contribution is 2.24. The number of fused-ring (bicyclic) bond motifs is 1. The second-order valence-electron chi connectivity index (χ2n) is 6.85. The zero-order valence-corrected chi connectivity index (χ0v) is 15.1. The van der Waals surface area contributed by atoms with E-state index in [-0.39, 0.29) is 12.3 Å². The third kappa shape index (κ3) is 3.72. The van der Waals surface area contributed by atoms with Crippen molar-refractivity contribution in [2.75, 3.05) is 13.1 Å². The Kier molecular flexibility index (Phi) is 4.92. The molecule has 0 radical (unpaired) electrons. The van der Waals surface area contributed by atoms with E-state index in [4.69, 9.17) is 4.74 Å². The molecule has 1 N–H and O–H groups in total. The molecule has 1 aromatic heterocycles. The molecule has 1 aliphatic heterocycles. The van der Waals surface area contributed by atoms with Gasteiger partial charge in [-0.3, -0.25) is 9.59 Å². The molecule has 0 saturated carbocycles. The number of aromatic nitrogens is 1. The van der Waals surface area contributed by atoms with Gasteiger partial charge in [0, 0.05) is 35.8 Å². The number of rotatable bonds is 5. The molecule has 2 heterocycles. The number of H-pyrrole nitrogens is 1. The molecule has 0 spiro atoms. The molecule has 1 aliphatic rings. The maximum absolute atomic E-state index is 12.9. The summed E-state index contributed by atoms with van der Waals surface area (Å²) in [5.41, 5.74) is 2.56. The number of benzene rings is 2. The summed E-state index contributed by atoms with van der Waals surface area (Å²) >= 11 is 0. The van der Waals surface area contributed by atoms with Gasteiger partial charge in [-0.05, 0) is 24.5 Å². The lowest BCUT2D eigenvalue weighted by atomic mass is 10.1. The average Bonchev–Trinajstić information content (AvgIpc) is 3.37. The van der Waals surface area contributed by atoms with Crippen LogP contribution < -0.4 is 0 Å². The fraction of sp³-hybridized carbons (Fsp3) is 0.273. The normalized spacial score (nSPS) is 15.0. The lowest BCUT2D eigenvalue weighted by molar-refractivity contribution is -0.160. The van der Waals surface area contributed by atoms with Crippen LogP contribution in [-0.4, -0.2) is 34.8 Å². The molecule has 5 heteroatoms. The molecule has 27 heavy (non-hydrogen) atoms. The van der Waals surface area contributed by atoms with Gasteiger partial charge in [0.2, 0.25) is 6.10 Å². The number of nitrogens with one attached hydrogen (secondary N) is 1. The first-order valence-corrected chi connectivity index (χ1v) is 9.30. The number of amides is 1. The van der Waals surface area contributed by atoms with E-state index >= 15 is 0 Å². The summed E-state index contributed by atoms with van der Waals surface area (Å²) in [6, 6.07) is 17.1. The fourth-order valence-corrected chi connectivity index (χ4v) is 3.60. The second kappa shape index (κ2) is 7.66. The Morgan fingerprint density at radius 3 is 2.48 bits per heavy atom. The topological polar surface area (TPSA) is 62.4 Å². The van der Waals surface area contributed by atoms with Crippen LogP contribution in [0.2, 0.25) is 0 Å². The first kappa shape index (κ1) is 17.3. The van der Waals surface area contributed by atoms with Crippen molar-refractivity contribution in [2.45, 2.75) is 25.4 Å². The monoisotopic (exact) mass is 362 g/mol. The molecule has 3 aromatic rings. The molecule has 5 nitrogen and oxygen atoms in total.